The van der Waals surface area contributed by atoms with Crippen LogP contribution in [0.2, 0.25) is 0 Å². The van der Waals surface area contributed by atoms with Crippen molar-refractivity contribution in [1.29, 1.82) is 0 Å². The lowest BCUT2D eigenvalue weighted by Gasteiger charge is -2.33. The number of benzene rings is 2. The van der Waals surface area contributed by atoms with Gasteiger partial charge in [0.2, 0.25) is 5.13 Å². The van der Waals surface area contributed by atoms with E-state index in [4.69, 9.17) is 17.3 Å². The Morgan fingerprint density at radius 2 is 1.76 bits per heavy atom. The van der Waals surface area contributed by atoms with Crippen LogP contribution in [0.4, 0.5) is 16.5 Å². The van der Waals surface area contributed by atoms with Crippen LogP contribution in [-0.4, -0.2) is 36.0 Å². The Bertz CT molecular complexity index is 970. The number of aromatic nitrogens is 2. The molecule has 152 valence electrons. The molecule has 3 aromatic rings. The Kier molecular flexibility index (Phi) is 6.28. The lowest BCUT2D eigenvalue weighted by atomic mass is 10.0. The fourth-order valence-corrected chi connectivity index (χ4v) is 4.65. The molecule has 1 aliphatic heterocycles. The van der Waals surface area contributed by atoms with E-state index in [1.54, 1.807) is 0 Å². The molecule has 7 heteroatoms. The maximum Gasteiger partial charge on any atom is 0.209 e. The van der Waals surface area contributed by atoms with Crippen molar-refractivity contribution in [3.63, 3.8) is 0 Å². The van der Waals surface area contributed by atoms with Crippen LogP contribution < -0.4 is 15.1 Å². The highest BCUT2D eigenvalue weighted by Gasteiger charge is 2.21. The molecule has 0 amide bonds. The summed E-state index contributed by atoms with van der Waals surface area (Å²) in [7, 11) is 0. The van der Waals surface area contributed by atoms with Crippen molar-refractivity contribution in [3.8, 4) is 0 Å². The highest BCUT2D eigenvalue weighted by Crippen LogP contribution is 2.22. The lowest BCUT2D eigenvalue weighted by molar-refractivity contribution is -0.924. The van der Waals surface area contributed by atoms with Crippen molar-refractivity contribution >= 4 is 40.1 Å². The highest BCUT2D eigenvalue weighted by atomic mass is 32.1. The van der Waals surface area contributed by atoms with Crippen molar-refractivity contribution < 1.29 is 4.90 Å². The fourth-order valence-electron chi connectivity index (χ4n) is 3.62. The Labute approximate surface area is 181 Å². The third kappa shape index (κ3) is 5.04. The summed E-state index contributed by atoms with van der Waals surface area (Å²) >= 11 is 7.11. The molecule has 0 atom stereocenters. The van der Waals surface area contributed by atoms with Gasteiger partial charge in [0.25, 0.3) is 0 Å². The monoisotopic (exact) mass is 426 g/mol. The van der Waals surface area contributed by atoms with Crippen molar-refractivity contribution in [2.75, 3.05) is 36.4 Å². The molecule has 2 aromatic carbocycles. The molecular formula is C22H28N5S2+. The molecule has 2 N–H and O–H groups in total. The summed E-state index contributed by atoms with van der Waals surface area (Å²) in [5, 5.41) is 8.97. The van der Waals surface area contributed by atoms with Crippen molar-refractivity contribution in [1.82, 2.24) is 9.78 Å². The second-order valence-corrected chi connectivity index (χ2v) is 9.43. The molecule has 29 heavy (non-hydrogen) atoms. The number of hydrogen-bond donors (Lipinski definition) is 2. The molecule has 0 saturated carbocycles. The van der Waals surface area contributed by atoms with Crippen molar-refractivity contribution in [2.24, 2.45) is 0 Å². The number of rotatable bonds is 6. The Balaban J connectivity index is 1.34. The third-order valence-electron chi connectivity index (χ3n) is 5.40. The molecule has 0 unspecified atom stereocenters. The summed E-state index contributed by atoms with van der Waals surface area (Å²) in [6, 6.07) is 19.2. The van der Waals surface area contributed by atoms with Crippen LogP contribution in [0.1, 0.15) is 25.3 Å². The van der Waals surface area contributed by atoms with Crippen LogP contribution >= 0.6 is 23.6 Å². The number of hydrogen-bond acceptors (Lipinski definition) is 5. The standard InChI is InChI=1S/C22H27N5S2/c1-17(2)18-8-10-19(11-9-18)23-21-24-27(22(28)29-21)16-25-12-14-26(15-13-25)20-6-4-3-5-7-20/h3-11,17H,12-16H2,1-2H3,(H,23,24)/p+1. The molecule has 0 aliphatic carbocycles. The summed E-state index contributed by atoms with van der Waals surface area (Å²) in [6.07, 6.45) is 0. The van der Waals surface area contributed by atoms with Gasteiger partial charge in [-0.25, -0.2) is 0 Å². The van der Waals surface area contributed by atoms with Gasteiger partial charge in [0.15, 0.2) is 10.6 Å². The number of nitrogens with one attached hydrogen (secondary N) is 2. The van der Waals surface area contributed by atoms with Gasteiger partial charge in [0, 0.05) is 11.4 Å². The first kappa shape index (κ1) is 20.1. The third-order valence-corrected chi connectivity index (χ3v) is 6.62. The number of anilines is 3. The molecule has 1 fully saturated rings. The van der Waals surface area contributed by atoms with Gasteiger partial charge < -0.3 is 15.1 Å². The molecule has 5 nitrogen and oxygen atoms in total. The van der Waals surface area contributed by atoms with Crippen LogP contribution in [0.25, 0.3) is 0 Å². The molecule has 0 bridgehead atoms. The number of para-hydroxylation sites is 1. The molecule has 0 radical (unpaired) electrons. The zero-order chi connectivity index (χ0) is 20.2. The van der Waals surface area contributed by atoms with Crippen LogP contribution in [0.15, 0.2) is 54.6 Å². The van der Waals surface area contributed by atoms with E-state index < -0.39 is 0 Å². The van der Waals surface area contributed by atoms with Crippen LogP contribution in [0.5, 0.6) is 0 Å². The maximum absolute atomic E-state index is 5.57. The number of piperazine rings is 1. The summed E-state index contributed by atoms with van der Waals surface area (Å²) in [5.41, 5.74) is 3.70. The van der Waals surface area contributed by atoms with E-state index in [-0.39, 0.29) is 0 Å². The molecule has 4 rings (SSSR count). The van der Waals surface area contributed by atoms with E-state index in [2.05, 4.69) is 78.7 Å². The largest absolute Gasteiger partial charge is 0.360 e. The van der Waals surface area contributed by atoms with Crippen LogP contribution in [0, 0.1) is 3.95 Å². The van der Waals surface area contributed by atoms with Crippen molar-refractivity contribution in [3.05, 3.63) is 64.1 Å². The molecule has 1 saturated heterocycles. The van der Waals surface area contributed by atoms with E-state index in [9.17, 15) is 0 Å². The maximum atomic E-state index is 5.57. The number of nitrogens with zero attached hydrogens (tertiary/aromatic N) is 3. The van der Waals surface area contributed by atoms with E-state index in [0.29, 0.717) is 5.92 Å². The van der Waals surface area contributed by atoms with Gasteiger partial charge >= 0.3 is 0 Å². The van der Waals surface area contributed by atoms with Gasteiger partial charge in [-0.3, -0.25) is 0 Å². The van der Waals surface area contributed by atoms with Crippen LogP contribution in [0.3, 0.4) is 0 Å². The van der Waals surface area contributed by atoms with E-state index in [1.165, 1.54) is 27.5 Å². The minimum atomic E-state index is 0.538. The van der Waals surface area contributed by atoms with Gasteiger partial charge in [0.05, 0.1) is 26.2 Å². The first-order valence-electron chi connectivity index (χ1n) is 10.2. The number of quaternary nitrogens is 1. The Hall–Kier alpha value is -2.22. The minimum Gasteiger partial charge on any atom is -0.360 e. The summed E-state index contributed by atoms with van der Waals surface area (Å²) in [4.78, 5) is 3.98. The molecule has 1 aromatic heterocycles. The Morgan fingerprint density at radius 1 is 1.07 bits per heavy atom. The highest BCUT2D eigenvalue weighted by molar-refractivity contribution is 7.73. The smallest absolute Gasteiger partial charge is 0.209 e. The Morgan fingerprint density at radius 3 is 2.41 bits per heavy atom. The first-order valence-corrected chi connectivity index (χ1v) is 11.4. The van der Waals surface area contributed by atoms with Crippen molar-refractivity contribution in [2.45, 2.75) is 26.4 Å². The zero-order valence-corrected chi connectivity index (χ0v) is 18.6. The normalized spacial score (nSPS) is 15.1. The second kappa shape index (κ2) is 9.07. The van der Waals surface area contributed by atoms with E-state index >= 15 is 0 Å². The summed E-state index contributed by atoms with van der Waals surface area (Å²) in [5.74, 6) is 0.538. The van der Waals surface area contributed by atoms with E-state index in [1.807, 2.05) is 4.68 Å². The molecular weight excluding hydrogens is 398 g/mol. The summed E-state index contributed by atoms with van der Waals surface area (Å²) < 4.78 is 2.79. The summed E-state index contributed by atoms with van der Waals surface area (Å²) in [6.45, 7) is 9.54. The predicted octanol–water partition coefficient (Wildman–Crippen LogP) is 3.90. The SMILES string of the molecule is CC(C)c1ccc(Nc2nn(C[NH+]3CCN(c4ccccc4)CC3)c(=S)s2)cc1. The zero-order valence-electron chi connectivity index (χ0n) is 17.0. The lowest BCUT2D eigenvalue weighted by Crippen LogP contribution is -3.14. The molecule has 0 spiro atoms. The minimum absolute atomic E-state index is 0.538. The average molecular weight is 427 g/mol. The topological polar surface area (TPSA) is 37.5 Å². The van der Waals surface area contributed by atoms with Gasteiger partial charge in [0.1, 0.15) is 0 Å². The second-order valence-electron chi connectivity index (χ2n) is 7.81. The predicted molar refractivity (Wildman–Crippen MR) is 124 cm³/mol. The van der Waals surface area contributed by atoms with Gasteiger partial charge in [-0.1, -0.05) is 55.5 Å². The molecule has 1 aliphatic rings. The van der Waals surface area contributed by atoms with Gasteiger partial charge in [-0.05, 0) is 48.0 Å². The van der Waals surface area contributed by atoms with Crippen LogP contribution in [-0.2, 0) is 6.67 Å². The first-order chi connectivity index (χ1) is 14.1. The molecule has 2 heterocycles. The fraction of sp³-hybridized carbons (Fsp3) is 0.364. The van der Waals surface area contributed by atoms with Gasteiger partial charge in [-0.2, -0.15) is 4.68 Å². The van der Waals surface area contributed by atoms with E-state index in [0.717, 1.165) is 47.6 Å². The quantitative estimate of drug-likeness (QED) is 0.586. The average Bonchev–Trinajstić information content (AvgIpc) is 3.08. The van der Waals surface area contributed by atoms with Gasteiger partial charge in [-0.15, -0.1) is 5.10 Å².